The highest BCUT2D eigenvalue weighted by Gasteiger charge is 2.64. The third-order valence-electron chi connectivity index (χ3n) is 5.19. The molecule has 2 bridgehead atoms. The molecule has 0 aromatic carbocycles. The molecule has 88 valence electrons. The Bertz CT molecular complexity index is 358. The van der Waals surface area contributed by atoms with Crippen molar-refractivity contribution in [2.75, 3.05) is 0 Å². The highest BCUT2D eigenvalue weighted by Crippen LogP contribution is 2.71. The molecule has 0 N–H and O–H groups in total. The van der Waals surface area contributed by atoms with Crippen molar-refractivity contribution in [3.63, 3.8) is 0 Å². The van der Waals surface area contributed by atoms with Crippen LogP contribution in [0.3, 0.4) is 0 Å². The molecular weight excluding hydrogens is 208 g/mol. The van der Waals surface area contributed by atoms with Gasteiger partial charge in [-0.05, 0) is 49.4 Å². The SMILES string of the molecule is O=C([O-])[C@H]1[C@H](C(=O)[O-])C[C@H]2CC[C@@H]1C21CC1. The predicted molar refractivity (Wildman–Crippen MR) is 49.5 cm³/mol. The molecule has 0 aliphatic heterocycles. The highest BCUT2D eigenvalue weighted by molar-refractivity contribution is 5.79. The first kappa shape index (κ1) is 10.1. The second-order valence-electron chi connectivity index (χ2n) is 5.62. The summed E-state index contributed by atoms with van der Waals surface area (Å²) in [5.74, 6) is -3.59. The van der Waals surface area contributed by atoms with E-state index in [0.29, 0.717) is 12.3 Å². The molecule has 4 heteroatoms. The van der Waals surface area contributed by atoms with Crippen LogP contribution in [0.2, 0.25) is 0 Å². The van der Waals surface area contributed by atoms with E-state index in [4.69, 9.17) is 0 Å². The zero-order valence-corrected chi connectivity index (χ0v) is 8.98. The molecule has 3 rings (SSSR count). The smallest absolute Gasteiger partial charge is 0.0454 e. The van der Waals surface area contributed by atoms with E-state index in [1.165, 1.54) is 0 Å². The molecule has 3 fully saturated rings. The van der Waals surface area contributed by atoms with Gasteiger partial charge in [0.25, 0.3) is 0 Å². The lowest BCUT2D eigenvalue weighted by atomic mass is 9.64. The number of hydrogen-bond acceptors (Lipinski definition) is 4. The lowest BCUT2D eigenvalue weighted by Gasteiger charge is -2.43. The average Bonchev–Trinajstić information content (AvgIpc) is 2.90. The molecule has 1 spiro atoms. The molecule has 0 radical (unpaired) electrons. The van der Waals surface area contributed by atoms with Gasteiger partial charge in [-0.15, -0.1) is 0 Å². The van der Waals surface area contributed by atoms with Crippen molar-refractivity contribution in [1.82, 2.24) is 0 Å². The Morgan fingerprint density at radius 3 is 2.25 bits per heavy atom. The average molecular weight is 222 g/mol. The van der Waals surface area contributed by atoms with Crippen LogP contribution in [-0.4, -0.2) is 11.9 Å². The van der Waals surface area contributed by atoms with Gasteiger partial charge in [-0.2, -0.15) is 0 Å². The summed E-state index contributed by atoms with van der Waals surface area (Å²) in [5.41, 5.74) is 0.163. The largest absolute Gasteiger partial charge is 0.550 e. The van der Waals surface area contributed by atoms with Gasteiger partial charge in [-0.1, -0.05) is 0 Å². The molecule has 0 aromatic heterocycles. The normalized spacial score (nSPS) is 43.2. The molecule has 3 aliphatic rings. The first-order valence-electron chi connectivity index (χ1n) is 5.98. The molecule has 0 unspecified atom stereocenters. The highest BCUT2D eigenvalue weighted by atomic mass is 16.4. The maximum absolute atomic E-state index is 11.2. The molecule has 4 atom stereocenters. The van der Waals surface area contributed by atoms with Crippen molar-refractivity contribution in [2.45, 2.75) is 32.1 Å². The van der Waals surface area contributed by atoms with E-state index in [0.717, 1.165) is 25.7 Å². The van der Waals surface area contributed by atoms with Crippen LogP contribution in [0.25, 0.3) is 0 Å². The molecule has 0 aromatic rings. The zero-order valence-electron chi connectivity index (χ0n) is 8.98. The lowest BCUT2D eigenvalue weighted by molar-refractivity contribution is -0.331. The van der Waals surface area contributed by atoms with Crippen molar-refractivity contribution in [2.24, 2.45) is 29.1 Å². The zero-order chi connectivity index (χ0) is 11.5. The van der Waals surface area contributed by atoms with Crippen molar-refractivity contribution in [3.05, 3.63) is 0 Å². The van der Waals surface area contributed by atoms with Crippen molar-refractivity contribution >= 4 is 11.9 Å². The van der Waals surface area contributed by atoms with Gasteiger partial charge in [0.2, 0.25) is 0 Å². The van der Waals surface area contributed by atoms with Gasteiger partial charge in [-0.3, -0.25) is 0 Å². The molecule has 3 saturated carbocycles. The Morgan fingerprint density at radius 2 is 1.75 bits per heavy atom. The standard InChI is InChI=1S/C12H16O4/c13-10(14)7-5-6-1-2-8(9(7)11(15)16)12(6)3-4-12/h6-9H,1-5H2,(H,13,14)(H,15,16)/p-2/t6-,7-,8+,9+/m1/s1. The topological polar surface area (TPSA) is 80.3 Å². The first-order chi connectivity index (χ1) is 7.56. The number of carbonyl (C=O) groups excluding carboxylic acids is 2. The number of hydrogen-bond donors (Lipinski definition) is 0. The van der Waals surface area contributed by atoms with Crippen LogP contribution < -0.4 is 10.2 Å². The summed E-state index contributed by atoms with van der Waals surface area (Å²) in [7, 11) is 0. The van der Waals surface area contributed by atoms with Crippen molar-refractivity contribution < 1.29 is 19.8 Å². The molecule has 0 heterocycles. The summed E-state index contributed by atoms with van der Waals surface area (Å²) < 4.78 is 0. The van der Waals surface area contributed by atoms with Crippen molar-refractivity contribution in [3.8, 4) is 0 Å². The fourth-order valence-electron chi connectivity index (χ4n) is 4.38. The fourth-order valence-corrected chi connectivity index (χ4v) is 4.38. The quantitative estimate of drug-likeness (QED) is 0.595. The molecule has 3 aliphatic carbocycles. The number of carboxylic acid groups (broad SMARTS) is 2. The lowest BCUT2D eigenvalue weighted by Crippen LogP contribution is -2.51. The minimum absolute atomic E-state index is 0.0270. The molecule has 16 heavy (non-hydrogen) atoms. The number of carbonyl (C=O) groups is 2. The number of rotatable bonds is 2. The second-order valence-corrected chi connectivity index (χ2v) is 5.62. The predicted octanol–water partition coefficient (Wildman–Crippen LogP) is -1.07. The minimum atomic E-state index is -1.21. The summed E-state index contributed by atoms with van der Waals surface area (Å²) in [6.07, 6.45) is 4.47. The van der Waals surface area contributed by atoms with E-state index >= 15 is 0 Å². The van der Waals surface area contributed by atoms with Gasteiger partial charge in [0.1, 0.15) is 0 Å². The van der Waals surface area contributed by atoms with Gasteiger partial charge >= 0.3 is 0 Å². The van der Waals surface area contributed by atoms with E-state index in [2.05, 4.69) is 0 Å². The minimum Gasteiger partial charge on any atom is -0.550 e. The van der Waals surface area contributed by atoms with E-state index in [1.807, 2.05) is 0 Å². The Balaban J connectivity index is 1.96. The van der Waals surface area contributed by atoms with Crippen LogP contribution >= 0.6 is 0 Å². The molecule has 0 saturated heterocycles. The van der Waals surface area contributed by atoms with Gasteiger partial charge in [0, 0.05) is 23.8 Å². The van der Waals surface area contributed by atoms with E-state index in [-0.39, 0.29) is 11.3 Å². The molecular formula is C12H14O4-2. The Morgan fingerprint density at radius 1 is 1.06 bits per heavy atom. The second kappa shape index (κ2) is 2.99. The third kappa shape index (κ3) is 1.10. The van der Waals surface area contributed by atoms with Gasteiger partial charge in [0.05, 0.1) is 0 Å². The van der Waals surface area contributed by atoms with Crippen molar-refractivity contribution in [1.29, 1.82) is 0 Å². The van der Waals surface area contributed by atoms with Gasteiger partial charge in [0.15, 0.2) is 0 Å². The summed E-state index contributed by atoms with van der Waals surface area (Å²) in [6.45, 7) is 0. The molecule has 4 nitrogen and oxygen atoms in total. The van der Waals surface area contributed by atoms with Gasteiger partial charge < -0.3 is 19.8 Å². The summed E-state index contributed by atoms with van der Waals surface area (Å²) in [5, 5.41) is 22.2. The Kier molecular flexibility index (Phi) is 1.89. The van der Waals surface area contributed by atoms with E-state index in [1.54, 1.807) is 0 Å². The van der Waals surface area contributed by atoms with Crippen LogP contribution in [0.1, 0.15) is 32.1 Å². The maximum atomic E-state index is 11.2. The summed E-state index contributed by atoms with van der Waals surface area (Å²) in [6, 6.07) is 0. The van der Waals surface area contributed by atoms with Crippen LogP contribution in [0.4, 0.5) is 0 Å². The van der Waals surface area contributed by atoms with Crippen LogP contribution in [0, 0.1) is 29.1 Å². The van der Waals surface area contributed by atoms with Gasteiger partial charge in [-0.25, -0.2) is 0 Å². The Labute approximate surface area is 93.6 Å². The monoisotopic (exact) mass is 222 g/mol. The van der Waals surface area contributed by atoms with Crippen LogP contribution in [0.5, 0.6) is 0 Å². The number of carboxylic acids is 2. The van der Waals surface area contributed by atoms with E-state index < -0.39 is 23.8 Å². The molecule has 0 amide bonds. The van der Waals surface area contributed by atoms with Crippen LogP contribution in [-0.2, 0) is 9.59 Å². The fraction of sp³-hybridized carbons (Fsp3) is 0.833. The summed E-state index contributed by atoms with van der Waals surface area (Å²) >= 11 is 0. The maximum Gasteiger partial charge on any atom is 0.0454 e. The Hall–Kier alpha value is -1.06. The summed E-state index contributed by atoms with van der Waals surface area (Å²) in [4.78, 5) is 22.2. The number of aliphatic carboxylic acids is 2. The van der Waals surface area contributed by atoms with E-state index in [9.17, 15) is 19.8 Å². The van der Waals surface area contributed by atoms with Crippen LogP contribution in [0.15, 0.2) is 0 Å². The third-order valence-corrected chi connectivity index (χ3v) is 5.19. The first-order valence-corrected chi connectivity index (χ1v) is 5.98.